The number of ether oxygens (including phenoxy) is 1. The van der Waals surface area contributed by atoms with Crippen LogP contribution in [0, 0.1) is 0 Å². The van der Waals surface area contributed by atoms with E-state index in [1.165, 1.54) is 0 Å². The normalized spacial score (nSPS) is 25.0. The van der Waals surface area contributed by atoms with Crippen LogP contribution in [0.4, 0.5) is 4.79 Å². The number of halogens is 1. The van der Waals surface area contributed by atoms with E-state index < -0.39 is 6.04 Å². The Kier molecular flexibility index (Phi) is 4.26. The van der Waals surface area contributed by atoms with Crippen LogP contribution >= 0.6 is 23.4 Å². The fourth-order valence-electron chi connectivity index (χ4n) is 2.48. The first-order valence-corrected chi connectivity index (χ1v) is 8.13. The average Bonchev–Trinajstić information content (AvgIpc) is 3.10. The predicted molar refractivity (Wildman–Crippen MR) is 81.8 cm³/mol. The summed E-state index contributed by atoms with van der Waals surface area (Å²) in [4.78, 5) is 25.2. The first-order valence-electron chi connectivity index (χ1n) is 6.77. The highest BCUT2D eigenvalue weighted by Gasteiger charge is 2.35. The molecule has 2 fully saturated rings. The SMILES string of the molecule is O=C1NC(C(=O)N2CCC(Oc3ccccc3Cl)C2)CS1. The number of carbonyl (C=O) groups excluding carboxylic acids is 2. The second-order valence-electron chi connectivity index (χ2n) is 5.04. The third-order valence-corrected chi connectivity index (χ3v) is 4.75. The first-order chi connectivity index (χ1) is 10.1. The van der Waals surface area contributed by atoms with Crippen LogP contribution in [0.1, 0.15) is 6.42 Å². The molecule has 2 heterocycles. The van der Waals surface area contributed by atoms with Gasteiger partial charge in [-0.15, -0.1) is 0 Å². The molecule has 2 aliphatic rings. The molecule has 0 bridgehead atoms. The minimum atomic E-state index is -0.401. The second-order valence-corrected chi connectivity index (χ2v) is 6.44. The number of amides is 2. The minimum Gasteiger partial charge on any atom is -0.487 e. The number of hydrogen-bond acceptors (Lipinski definition) is 4. The van der Waals surface area contributed by atoms with Gasteiger partial charge in [0.25, 0.3) is 5.24 Å². The summed E-state index contributed by atoms with van der Waals surface area (Å²) in [6.07, 6.45) is 0.712. The Morgan fingerprint density at radius 1 is 1.43 bits per heavy atom. The number of likely N-dealkylation sites (tertiary alicyclic amines) is 1. The van der Waals surface area contributed by atoms with Crippen LogP contribution < -0.4 is 10.1 Å². The molecule has 2 atom stereocenters. The van der Waals surface area contributed by atoms with E-state index >= 15 is 0 Å². The highest BCUT2D eigenvalue weighted by Crippen LogP contribution is 2.27. The molecule has 112 valence electrons. The van der Waals surface area contributed by atoms with Crippen molar-refractivity contribution in [3.8, 4) is 5.75 Å². The van der Waals surface area contributed by atoms with Crippen LogP contribution in [0.25, 0.3) is 0 Å². The van der Waals surface area contributed by atoms with Crippen molar-refractivity contribution in [2.45, 2.75) is 18.6 Å². The Morgan fingerprint density at radius 2 is 2.24 bits per heavy atom. The predicted octanol–water partition coefficient (Wildman–Crippen LogP) is 2.14. The Hall–Kier alpha value is -1.40. The van der Waals surface area contributed by atoms with E-state index in [0.29, 0.717) is 29.6 Å². The average molecular weight is 327 g/mol. The molecule has 2 saturated heterocycles. The summed E-state index contributed by atoms with van der Waals surface area (Å²) in [6, 6.07) is 6.91. The summed E-state index contributed by atoms with van der Waals surface area (Å²) in [6.45, 7) is 1.17. The smallest absolute Gasteiger partial charge is 0.279 e. The van der Waals surface area contributed by atoms with Gasteiger partial charge in [-0.25, -0.2) is 0 Å². The van der Waals surface area contributed by atoms with E-state index in [1.807, 2.05) is 18.2 Å². The first kappa shape index (κ1) is 14.5. The molecule has 21 heavy (non-hydrogen) atoms. The quantitative estimate of drug-likeness (QED) is 0.924. The summed E-state index contributed by atoms with van der Waals surface area (Å²) < 4.78 is 5.85. The van der Waals surface area contributed by atoms with Gasteiger partial charge in [0.1, 0.15) is 17.9 Å². The lowest BCUT2D eigenvalue weighted by molar-refractivity contribution is -0.131. The summed E-state index contributed by atoms with van der Waals surface area (Å²) in [5.41, 5.74) is 0. The second kappa shape index (κ2) is 6.15. The van der Waals surface area contributed by atoms with Crippen molar-refractivity contribution >= 4 is 34.5 Å². The molecule has 2 aliphatic heterocycles. The zero-order valence-electron chi connectivity index (χ0n) is 11.3. The van der Waals surface area contributed by atoms with Crippen LogP contribution in [-0.2, 0) is 4.79 Å². The van der Waals surface area contributed by atoms with Crippen molar-refractivity contribution in [2.24, 2.45) is 0 Å². The van der Waals surface area contributed by atoms with Gasteiger partial charge >= 0.3 is 0 Å². The van der Waals surface area contributed by atoms with Crippen molar-refractivity contribution in [2.75, 3.05) is 18.8 Å². The highest BCUT2D eigenvalue weighted by atomic mass is 35.5. The number of hydrogen-bond donors (Lipinski definition) is 1. The van der Waals surface area contributed by atoms with Crippen LogP contribution in [0.3, 0.4) is 0 Å². The lowest BCUT2D eigenvalue weighted by atomic mass is 10.3. The third kappa shape index (κ3) is 3.27. The van der Waals surface area contributed by atoms with E-state index in [4.69, 9.17) is 16.3 Å². The molecule has 0 radical (unpaired) electrons. The third-order valence-electron chi connectivity index (χ3n) is 3.56. The Bertz CT molecular complexity index is 569. The fourth-order valence-corrected chi connectivity index (χ4v) is 3.43. The maximum Gasteiger partial charge on any atom is 0.279 e. The highest BCUT2D eigenvalue weighted by molar-refractivity contribution is 8.14. The summed E-state index contributed by atoms with van der Waals surface area (Å²) in [5, 5.41) is 3.12. The number of nitrogens with one attached hydrogen (secondary N) is 1. The van der Waals surface area contributed by atoms with Gasteiger partial charge in [0, 0.05) is 18.7 Å². The number of nitrogens with zero attached hydrogens (tertiary/aromatic N) is 1. The van der Waals surface area contributed by atoms with E-state index in [-0.39, 0.29) is 17.3 Å². The molecule has 0 spiro atoms. The Labute approximate surface area is 132 Å². The molecule has 2 amide bonds. The molecule has 1 aromatic carbocycles. The number of rotatable bonds is 3. The van der Waals surface area contributed by atoms with Gasteiger partial charge in [0.05, 0.1) is 11.6 Å². The molecule has 1 aromatic rings. The summed E-state index contributed by atoms with van der Waals surface area (Å²) in [5.74, 6) is 1.12. The van der Waals surface area contributed by atoms with E-state index in [9.17, 15) is 9.59 Å². The number of para-hydroxylation sites is 1. The number of carbonyl (C=O) groups is 2. The number of benzene rings is 1. The lowest BCUT2D eigenvalue weighted by Gasteiger charge is -2.20. The maximum atomic E-state index is 12.3. The molecule has 0 aliphatic carbocycles. The van der Waals surface area contributed by atoms with Crippen molar-refractivity contribution in [1.29, 1.82) is 0 Å². The minimum absolute atomic E-state index is 0.0291. The van der Waals surface area contributed by atoms with Gasteiger partial charge in [-0.05, 0) is 12.1 Å². The topological polar surface area (TPSA) is 58.6 Å². The van der Waals surface area contributed by atoms with Crippen LogP contribution in [0.2, 0.25) is 5.02 Å². The standard InChI is InChI=1S/C14H15ClN2O3S/c15-10-3-1-2-4-12(10)20-9-5-6-17(7-9)13(18)11-8-21-14(19)16-11/h1-4,9,11H,5-8H2,(H,16,19). The number of thioether (sulfide) groups is 1. The van der Waals surface area contributed by atoms with Crippen LogP contribution in [-0.4, -0.2) is 47.0 Å². The summed E-state index contributed by atoms with van der Waals surface area (Å²) in [7, 11) is 0. The van der Waals surface area contributed by atoms with Crippen molar-refractivity contribution in [3.05, 3.63) is 29.3 Å². The molecule has 0 saturated carbocycles. The van der Waals surface area contributed by atoms with Gasteiger partial charge in [-0.2, -0.15) is 0 Å². The Morgan fingerprint density at radius 3 is 2.95 bits per heavy atom. The van der Waals surface area contributed by atoms with Crippen molar-refractivity contribution < 1.29 is 14.3 Å². The van der Waals surface area contributed by atoms with Crippen LogP contribution in [0.15, 0.2) is 24.3 Å². The molecule has 0 aromatic heterocycles. The molecular weight excluding hydrogens is 312 g/mol. The molecular formula is C14H15ClN2O3S. The molecule has 5 nitrogen and oxygen atoms in total. The van der Waals surface area contributed by atoms with Gasteiger partial charge in [-0.1, -0.05) is 35.5 Å². The monoisotopic (exact) mass is 326 g/mol. The van der Waals surface area contributed by atoms with Gasteiger partial charge in [0.15, 0.2) is 0 Å². The Balaban J connectivity index is 1.57. The van der Waals surface area contributed by atoms with Gasteiger partial charge < -0.3 is 15.0 Å². The summed E-state index contributed by atoms with van der Waals surface area (Å²) >= 11 is 7.22. The zero-order valence-corrected chi connectivity index (χ0v) is 12.8. The molecule has 2 unspecified atom stereocenters. The van der Waals surface area contributed by atoms with E-state index in [1.54, 1.807) is 11.0 Å². The largest absolute Gasteiger partial charge is 0.487 e. The van der Waals surface area contributed by atoms with Crippen molar-refractivity contribution in [3.63, 3.8) is 0 Å². The lowest BCUT2D eigenvalue weighted by Crippen LogP contribution is -2.45. The van der Waals surface area contributed by atoms with Gasteiger partial charge in [0.2, 0.25) is 5.91 Å². The van der Waals surface area contributed by atoms with Crippen LogP contribution in [0.5, 0.6) is 5.75 Å². The molecule has 7 heteroatoms. The van der Waals surface area contributed by atoms with E-state index in [0.717, 1.165) is 18.2 Å². The maximum absolute atomic E-state index is 12.3. The zero-order chi connectivity index (χ0) is 14.8. The fraction of sp³-hybridized carbons (Fsp3) is 0.429. The van der Waals surface area contributed by atoms with Gasteiger partial charge in [-0.3, -0.25) is 9.59 Å². The van der Waals surface area contributed by atoms with E-state index in [2.05, 4.69) is 5.32 Å². The molecule has 1 N–H and O–H groups in total. The van der Waals surface area contributed by atoms with Crippen molar-refractivity contribution in [1.82, 2.24) is 10.2 Å². The molecule has 3 rings (SSSR count).